The molecule has 2 aliphatic carbocycles. The molecule has 0 unspecified atom stereocenters. The molecule has 0 amide bonds. The molecule has 12 rings (SSSR count). The Labute approximate surface area is 331 Å². The number of benzene rings is 8. The van der Waals surface area contributed by atoms with Crippen molar-refractivity contribution in [3.8, 4) is 50.2 Å². The standard InChI is InChI=1S/C54H39NS/c1-53(2)44-16-10-8-14-37(44)38-22-18-34(30-45(38)53)32-20-25-47-42(28-32)43-29-33(21-26-48(43)55(47)36-12-6-5-7-13-36)35-19-23-39-40-24-27-50-51(41-15-9-11-17-49(41)56-50)52(40)54(3,4)46(39)31-35/h5-31H,1-4H3. The molecule has 2 aromatic heterocycles. The zero-order valence-electron chi connectivity index (χ0n) is 31.9. The molecule has 2 heteroatoms. The smallest absolute Gasteiger partial charge is 0.0541 e. The van der Waals surface area contributed by atoms with E-state index in [0.717, 1.165) is 0 Å². The summed E-state index contributed by atoms with van der Waals surface area (Å²) < 4.78 is 5.17. The minimum Gasteiger partial charge on any atom is -0.309 e. The Morgan fingerprint density at radius 1 is 0.393 bits per heavy atom. The van der Waals surface area contributed by atoms with Crippen LogP contribution in [0.5, 0.6) is 0 Å². The molecule has 0 bridgehead atoms. The van der Waals surface area contributed by atoms with Crippen LogP contribution in [0.2, 0.25) is 0 Å². The summed E-state index contributed by atoms with van der Waals surface area (Å²) in [6, 6.07) is 61.8. The van der Waals surface area contributed by atoms with Gasteiger partial charge in [0.25, 0.3) is 0 Å². The van der Waals surface area contributed by atoms with Gasteiger partial charge in [0.1, 0.15) is 0 Å². The molecule has 56 heavy (non-hydrogen) atoms. The molecule has 0 radical (unpaired) electrons. The molecule has 0 atom stereocenters. The lowest BCUT2D eigenvalue weighted by atomic mass is 9.80. The highest BCUT2D eigenvalue weighted by Gasteiger charge is 2.38. The first-order valence-electron chi connectivity index (χ1n) is 19.8. The van der Waals surface area contributed by atoms with Crippen molar-refractivity contribution in [2.45, 2.75) is 38.5 Å². The van der Waals surface area contributed by atoms with E-state index < -0.39 is 0 Å². The fraction of sp³-hybridized carbons (Fsp3) is 0.111. The number of hydrogen-bond donors (Lipinski definition) is 0. The third-order valence-electron chi connectivity index (χ3n) is 13.2. The van der Waals surface area contributed by atoms with Gasteiger partial charge >= 0.3 is 0 Å². The number of para-hydroxylation sites is 1. The topological polar surface area (TPSA) is 4.93 Å². The van der Waals surface area contributed by atoms with Crippen molar-refractivity contribution in [1.29, 1.82) is 0 Å². The van der Waals surface area contributed by atoms with Crippen LogP contribution in [0.3, 0.4) is 0 Å². The first-order chi connectivity index (χ1) is 27.3. The molecular weight excluding hydrogens is 695 g/mol. The SMILES string of the molecule is CC1(C)c2ccccc2-c2ccc(-c3ccc4c(c3)c3cc(-c5ccc6c(c5)C(C)(C)c5c-6ccc6sc7ccccc7c56)ccc3n4-c3ccccc3)cc21. The molecule has 10 aromatic rings. The average Bonchev–Trinajstić information content (AvgIpc) is 3.91. The predicted octanol–water partition coefficient (Wildman–Crippen LogP) is 15.1. The van der Waals surface area contributed by atoms with Crippen LogP contribution in [0.1, 0.15) is 49.9 Å². The maximum atomic E-state index is 2.48. The van der Waals surface area contributed by atoms with Gasteiger partial charge < -0.3 is 4.57 Å². The first kappa shape index (κ1) is 32.1. The Hall–Kier alpha value is -6.22. The average molecular weight is 734 g/mol. The monoisotopic (exact) mass is 733 g/mol. The minimum atomic E-state index is -0.127. The Morgan fingerprint density at radius 2 is 0.929 bits per heavy atom. The fourth-order valence-corrected chi connectivity index (χ4v) is 11.5. The van der Waals surface area contributed by atoms with Crippen LogP contribution in [-0.2, 0) is 10.8 Å². The second-order valence-corrected chi connectivity index (χ2v) is 18.0. The van der Waals surface area contributed by atoms with Crippen LogP contribution < -0.4 is 0 Å². The third kappa shape index (κ3) is 4.25. The van der Waals surface area contributed by atoms with E-state index in [1.54, 1.807) is 0 Å². The van der Waals surface area contributed by atoms with Gasteiger partial charge in [0, 0.05) is 47.5 Å². The summed E-state index contributed by atoms with van der Waals surface area (Å²) in [6.07, 6.45) is 0. The predicted molar refractivity (Wildman–Crippen MR) is 240 cm³/mol. The largest absolute Gasteiger partial charge is 0.309 e. The van der Waals surface area contributed by atoms with Gasteiger partial charge in [-0.2, -0.15) is 0 Å². The molecule has 0 spiro atoms. The lowest BCUT2D eigenvalue weighted by Gasteiger charge is -2.23. The quantitative estimate of drug-likeness (QED) is 0.170. The number of rotatable bonds is 3. The second kappa shape index (κ2) is 11.2. The summed E-state index contributed by atoms with van der Waals surface area (Å²) >= 11 is 1.91. The summed E-state index contributed by atoms with van der Waals surface area (Å²) in [6.45, 7) is 9.57. The molecular formula is C54H39NS. The fourth-order valence-electron chi connectivity index (χ4n) is 10.4. The van der Waals surface area contributed by atoms with Crippen molar-refractivity contribution in [3.05, 3.63) is 186 Å². The number of nitrogens with zero attached hydrogens (tertiary/aromatic N) is 1. The van der Waals surface area contributed by atoms with Crippen molar-refractivity contribution in [1.82, 2.24) is 4.57 Å². The van der Waals surface area contributed by atoms with Crippen LogP contribution in [0, 0.1) is 0 Å². The van der Waals surface area contributed by atoms with E-state index in [2.05, 4.69) is 196 Å². The summed E-state index contributed by atoms with van der Waals surface area (Å²) in [7, 11) is 0. The zero-order chi connectivity index (χ0) is 37.5. The maximum absolute atomic E-state index is 2.48. The normalized spacial score (nSPS) is 14.7. The van der Waals surface area contributed by atoms with Crippen LogP contribution in [0.15, 0.2) is 164 Å². The lowest BCUT2D eigenvalue weighted by Crippen LogP contribution is -2.15. The third-order valence-corrected chi connectivity index (χ3v) is 14.3. The highest BCUT2D eigenvalue weighted by molar-refractivity contribution is 7.25. The Kier molecular flexibility index (Phi) is 6.40. The molecule has 0 N–H and O–H groups in total. The van der Waals surface area contributed by atoms with Gasteiger partial charge in [0.2, 0.25) is 0 Å². The lowest BCUT2D eigenvalue weighted by molar-refractivity contribution is 0.660. The van der Waals surface area contributed by atoms with Gasteiger partial charge in [-0.3, -0.25) is 0 Å². The van der Waals surface area contributed by atoms with Crippen LogP contribution in [-0.4, -0.2) is 4.57 Å². The van der Waals surface area contributed by atoms with E-state index in [9.17, 15) is 0 Å². The van der Waals surface area contributed by atoms with E-state index in [0.29, 0.717) is 0 Å². The Bertz CT molecular complexity index is 3300. The first-order valence-corrected chi connectivity index (χ1v) is 20.6. The highest BCUT2D eigenvalue weighted by Crippen LogP contribution is 2.55. The Balaban J connectivity index is 1.02. The van der Waals surface area contributed by atoms with E-state index >= 15 is 0 Å². The van der Waals surface area contributed by atoms with E-state index in [1.165, 1.54) is 114 Å². The van der Waals surface area contributed by atoms with E-state index in [-0.39, 0.29) is 10.8 Å². The van der Waals surface area contributed by atoms with Gasteiger partial charge in [-0.05, 0) is 127 Å². The van der Waals surface area contributed by atoms with Crippen LogP contribution in [0.25, 0.3) is 92.2 Å². The van der Waals surface area contributed by atoms with Crippen molar-refractivity contribution in [3.63, 3.8) is 0 Å². The molecule has 1 nitrogen and oxygen atoms in total. The maximum Gasteiger partial charge on any atom is 0.0541 e. The molecule has 0 saturated heterocycles. The molecule has 8 aromatic carbocycles. The molecule has 2 heterocycles. The van der Waals surface area contributed by atoms with E-state index in [4.69, 9.17) is 0 Å². The molecule has 0 saturated carbocycles. The molecule has 2 aliphatic rings. The number of fused-ring (bicyclic) bond motifs is 13. The van der Waals surface area contributed by atoms with Crippen molar-refractivity contribution >= 4 is 53.3 Å². The number of aromatic nitrogens is 1. The summed E-state index contributed by atoms with van der Waals surface area (Å²) in [5, 5.41) is 5.34. The molecule has 266 valence electrons. The summed E-state index contributed by atoms with van der Waals surface area (Å²) in [5.74, 6) is 0. The molecule has 0 fully saturated rings. The number of hydrogen-bond acceptors (Lipinski definition) is 1. The van der Waals surface area contributed by atoms with Crippen molar-refractivity contribution in [2.75, 3.05) is 0 Å². The number of thiophene rings is 1. The molecule has 0 aliphatic heterocycles. The Morgan fingerprint density at radius 3 is 1.64 bits per heavy atom. The van der Waals surface area contributed by atoms with Crippen molar-refractivity contribution < 1.29 is 0 Å². The van der Waals surface area contributed by atoms with Gasteiger partial charge in [-0.25, -0.2) is 0 Å². The highest BCUT2D eigenvalue weighted by atomic mass is 32.1. The van der Waals surface area contributed by atoms with Gasteiger partial charge in [0.05, 0.1) is 11.0 Å². The minimum absolute atomic E-state index is 0.0421. The van der Waals surface area contributed by atoms with Crippen LogP contribution >= 0.6 is 11.3 Å². The van der Waals surface area contributed by atoms with Gasteiger partial charge in [0.15, 0.2) is 0 Å². The van der Waals surface area contributed by atoms with Crippen LogP contribution in [0.4, 0.5) is 0 Å². The van der Waals surface area contributed by atoms with E-state index in [1.807, 2.05) is 11.3 Å². The second-order valence-electron chi connectivity index (χ2n) is 16.9. The summed E-state index contributed by atoms with van der Waals surface area (Å²) in [5.41, 5.74) is 19.6. The van der Waals surface area contributed by atoms with Crippen molar-refractivity contribution in [2.24, 2.45) is 0 Å². The van der Waals surface area contributed by atoms with Gasteiger partial charge in [-0.1, -0.05) is 131 Å². The summed E-state index contributed by atoms with van der Waals surface area (Å²) in [4.78, 5) is 0. The van der Waals surface area contributed by atoms with Gasteiger partial charge in [-0.15, -0.1) is 11.3 Å². The zero-order valence-corrected chi connectivity index (χ0v) is 32.8.